The second kappa shape index (κ2) is 9.03. The molecular weight excluding hydrogens is 342 g/mol. The van der Waals surface area contributed by atoms with Gasteiger partial charge >= 0.3 is 5.97 Å². The Bertz CT molecular complexity index is 829. The summed E-state index contributed by atoms with van der Waals surface area (Å²) in [7, 11) is 0. The van der Waals surface area contributed by atoms with Crippen molar-refractivity contribution >= 4 is 17.4 Å². The largest absolute Gasteiger partial charge is 0.482 e. The van der Waals surface area contributed by atoms with Crippen LogP contribution in [0.2, 0.25) is 0 Å². The zero-order chi connectivity index (χ0) is 19.1. The van der Waals surface area contributed by atoms with Crippen LogP contribution in [0, 0.1) is 6.92 Å². The summed E-state index contributed by atoms with van der Waals surface area (Å²) in [6.07, 6.45) is 2.85. The van der Waals surface area contributed by atoms with Gasteiger partial charge in [-0.3, -0.25) is 4.79 Å². The fourth-order valence-corrected chi connectivity index (χ4v) is 2.93. The van der Waals surface area contributed by atoms with Crippen molar-refractivity contribution in [1.82, 2.24) is 4.90 Å². The maximum absolute atomic E-state index is 12.2. The van der Waals surface area contributed by atoms with E-state index in [1.165, 1.54) is 11.1 Å². The summed E-state index contributed by atoms with van der Waals surface area (Å²) >= 11 is 0. The lowest BCUT2D eigenvalue weighted by atomic mass is 10.00. The van der Waals surface area contributed by atoms with Crippen LogP contribution in [-0.2, 0) is 14.3 Å². The molecule has 0 radical (unpaired) electrons. The third-order valence-corrected chi connectivity index (χ3v) is 4.41. The van der Waals surface area contributed by atoms with E-state index in [9.17, 15) is 9.59 Å². The lowest BCUT2D eigenvalue weighted by Gasteiger charge is -2.26. The van der Waals surface area contributed by atoms with E-state index >= 15 is 0 Å². The lowest BCUT2D eigenvalue weighted by molar-refractivity contribution is -0.153. The summed E-state index contributed by atoms with van der Waals surface area (Å²) in [6, 6.07) is 17.5. The summed E-state index contributed by atoms with van der Waals surface area (Å²) in [6.45, 7) is 2.62. The molecule has 1 amide bonds. The number of benzene rings is 2. The molecule has 140 valence electrons. The van der Waals surface area contributed by atoms with Gasteiger partial charge in [0.1, 0.15) is 5.75 Å². The first-order valence-corrected chi connectivity index (χ1v) is 8.99. The third kappa shape index (κ3) is 5.45. The highest BCUT2D eigenvalue weighted by atomic mass is 16.6. The minimum atomic E-state index is -0.553. The minimum Gasteiger partial charge on any atom is -0.482 e. The number of hydrogen-bond donors (Lipinski definition) is 0. The van der Waals surface area contributed by atoms with E-state index in [0.717, 1.165) is 12.0 Å². The van der Waals surface area contributed by atoms with Gasteiger partial charge < -0.3 is 14.4 Å². The zero-order valence-electron chi connectivity index (χ0n) is 15.4. The van der Waals surface area contributed by atoms with Gasteiger partial charge in [0.25, 0.3) is 5.91 Å². The summed E-state index contributed by atoms with van der Waals surface area (Å²) < 4.78 is 10.4. The Hall–Kier alpha value is -3.08. The molecule has 2 aromatic rings. The van der Waals surface area contributed by atoms with Gasteiger partial charge in [-0.05, 0) is 42.2 Å². The molecule has 0 N–H and O–H groups in total. The van der Waals surface area contributed by atoms with E-state index in [1.807, 2.05) is 43.3 Å². The molecule has 0 bridgehead atoms. The molecule has 0 aromatic heterocycles. The first-order chi connectivity index (χ1) is 13.1. The minimum absolute atomic E-state index is 0.192. The molecule has 0 saturated heterocycles. The second-order valence-electron chi connectivity index (χ2n) is 6.45. The van der Waals surface area contributed by atoms with E-state index in [1.54, 1.807) is 11.0 Å². The van der Waals surface area contributed by atoms with Crippen molar-refractivity contribution in [3.05, 3.63) is 71.8 Å². The Balaban J connectivity index is 1.42. The van der Waals surface area contributed by atoms with Gasteiger partial charge in [-0.1, -0.05) is 48.5 Å². The lowest BCUT2D eigenvalue weighted by Crippen LogP contribution is -2.38. The Labute approximate surface area is 159 Å². The van der Waals surface area contributed by atoms with Crippen LogP contribution in [0.15, 0.2) is 60.7 Å². The average molecular weight is 365 g/mol. The van der Waals surface area contributed by atoms with Crippen molar-refractivity contribution < 1.29 is 19.1 Å². The molecule has 0 unspecified atom stereocenters. The van der Waals surface area contributed by atoms with Crippen LogP contribution in [0.1, 0.15) is 17.5 Å². The molecule has 5 nitrogen and oxygen atoms in total. The maximum atomic E-state index is 12.2. The molecule has 0 saturated carbocycles. The maximum Gasteiger partial charge on any atom is 0.344 e. The van der Waals surface area contributed by atoms with Gasteiger partial charge in [0, 0.05) is 13.1 Å². The van der Waals surface area contributed by atoms with Crippen LogP contribution in [0.4, 0.5) is 0 Å². The van der Waals surface area contributed by atoms with Crippen molar-refractivity contribution in [2.75, 3.05) is 26.3 Å². The third-order valence-electron chi connectivity index (χ3n) is 4.41. The highest BCUT2D eigenvalue weighted by Gasteiger charge is 2.19. The predicted octanol–water partition coefficient (Wildman–Crippen LogP) is 3.23. The smallest absolute Gasteiger partial charge is 0.344 e. The number of nitrogens with zero attached hydrogens (tertiary/aromatic N) is 1. The topological polar surface area (TPSA) is 55.8 Å². The molecular formula is C22H23NO4. The summed E-state index contributed by atoms with van der Waals surface area (Å²) in [4.78, 5) is 25.7. The molecule has 0 fully saturated rings. The van der Waals surface area contributed by atoms with Crippen molar-refractivity contribution in [2.45, 2.75) is 13.3 Å². The van der Waals surface area contributed by atoms with Crippen molar-refractivity contribution in [1.29, 1.82) is 0 Å². The van der Waals surface area contributed by atoms with Crippen LogP contribution < -0.4 is 4.74 Å². The Kier molecular flexibility index (Phi) is 6.26. The van der Waals surface area contributed by atoms with Gasteiger partial charge in [0.15, 0.2) is 13.2 Å². The SMILES string of the molecule is Cc1cccc(OCC(=O)OCC(=O)N2CC=C(c3ccccc3)CC2)c1. The van der Waals surface area contributed by atoms with Crippen LogP contribution in [0.3, 0.4) is 0 Å². The van der Waals surface area contributed by atoms with E-state index in [2.05, 4.69) is 18.2 Å². The number of carbonyl (C=O) groups is 2. The number of amides is 1. The monoisotopic (exact) mass is 365 g/mol. The first kappa shape index (κ1) is 18.7. The van der Waals surface area contributed by atoms with Crippen LogP contribution in [0.5, 0.6) is 5.75 Å². The number of ether oxygens (including phenoxy) is 2. The average Bonchev–Trinajstić information content (AvgIpc) is 2.71. The van der Waals surface area contributed by atoms with Gasteiger partial charge in [-0.2, -0.15) is 0 Å². The normalized spacial score (nSPS) is 13.7. The van der Waals surface area contributed by atoms with E-state index in [-0.39, 0.29) is 19.1 Å². The zero-order valence-corrected chi connectivity index (χ0v) is 15.4. The molecule has 0 spiro atoms. The van der Waals surface area contributed by atoms with Crippen LogP contribution >= 0.6 is 0 Å². The van der Waals surface area contributed by atoms with Crippen LogP contribution in [0.25, 0.3) is 5.57 Å². The van der Waals surface area contributed by atoms with Gasteiger partial charge in [0.05, 0.1) is 0 Å². The molecule has 5 heteroatoms. The molecule has 1 aliphatic heterocycles. The van der Waals surface area contributed by atoms with Gasteiger partial charge in [-0.25, -0.2) is 4.79 Å². The van der Waals surface area contributed by atoms with Crippen molar-refractivity contribution in [3.63, 3.8) is 0 Å². The van der Waals surface area contributed by atoms with E-state index in [0.29, 0.717) is 18.8 Å². The Morgan fingerprint density at radius 2 is 1.85 bits per heavy atom. The quantitative estimate of drug-likeness (QED) is 0.738. The molecule has 3 rings (SSSR count). The fraction of sp³-hybridized carbons (Fsp3) is 0.273. The molecule has 0 atom stereocenters. The number of carbonyl (C=O) groups excluding carboxylic acids is 2. The second-order valence-corrected chi connectivity index (χ2v) is 6.45. The summed E-state index contributed by atoms with van der Waals surface area (Å²) in [5.41, 5.74) is 3.47. The predicted molar refractivity (Wildman–Crippen MR) is 103 cm³/mol. The van der Waals surface area contributed by atoms with Crippen LogP contribution in [-0.4, -0.2) is 43.1 Å². The van der Waals surface area contributed by atoms with Gasteiger partial charge in [0.2, 0.25) is 0 Å². The molecule has 27 heavy (non-hydrogen) atoms. The fourth-order valence-electron chi connectivity index (χ4n) is 2.93. The molecule has 1 aliphatic rings. The Morgan fingerprint density at radius 1 is 1.04 bits per heavy atom. The highest BCUT2D eigenvalue weighted by molar-refractivity contribution is 5.82. The standard InChI is InChI=1S/C22H23NO4/c1-17-6-5-9-20(14-17)26-16-22(25)27-15-21(24)23-12-10-19(11-13-23)18-7-3-2-4-8-18/h2-10,14H,11-13,15-16H2,1H3. The van der Waals surface area contributed by atoms with Crippen molar-refractivity contribution in [3.8, 4) is 5.75 Å². The van der Waals surface area contributed by atoms with Gasteiger partial charge in [-0.15, -0.1) is 0 Å². The first-order valence-electron chi connectivity index (χ1n) is 8.99. The molecule has 1 heterocycles. The molecule has 2 aromatic carbocycles. The number of aryl methyl sites for hydroxylation is 1. The highest BCUT2D eigenvalue weighted by Crippen LogP contribution is 2.22. The van der Waals surface area contributed by atoms with E-state index < -0.39 is 5.97 Å². The molecule has 0 aliphatic carbocycles. The van der Waals surface area contributed by atoms with Crippen molar-refractivity contribution in [2.24, 2.45) is 0 Å². The summed E-state index contributed by atoms with van der Waals surface area (Å²) in [5.74, 6) is -0.141. The summed E-state index contributed by atoms with van der Waals surface area (Å²) in [5, 5.41) is 0. The number of hydrogen-bond acceptors (Lipinski definition) is 4. The van der Waals surface area contributed by atoms with E-state index in [4.69, 9.17) is 9.47 Å². The number of rotatable bonds is 6. The number of esters is 1. The Morgan fingerprint density at radius 3 is 2.56 bits per heavy atom.